The van der Waals surface area contributed by atoms with Crippen LogP contribution in [0.25, 0.3) is 10.9 Å². The molecule has 22 heavy (non-hydrogen) atoms. The van der Waals surface area contributed by atoms with Crippen molar-refractivity contribution in [1.29, 1.82) is 0 Å². The van der Waals surface area contributed by atoms with E-state index >= 15 is 0 Å². The molecule has 2 aromatic heterocycles. The van der Waals surface area contributed by atoms with Crippen LogP contribution in [0.2, 0.25) is 0 Å². The summed E-state index contributed by atoms with van der Waals surface area (Å²) in [5.41, 5.74) is 4.25. The summed E-state index contributed by atoms with van der Waals surface area (Å²) in [5, 5.41) is 8.80. The Morgan fingerprint density at radius 3 is 2.73 bits per heavy atom. The van der Waals surface area contributed by atoms with Gasteiger partial charge in [-0.1, -0.05) is 0 Å². The molecule has 0 fully saturated rings. The molecule has 0 aliphatic rings. The molecule has 1 aromatic carbocycles. The number of ether oxygens (including phenoxy) is 1. The zero-order valence-corrected chi connectivity index (χ0v) is 13.2. The van der Waals surface area contributed by atoms with Crippen LogP contribution < -0.4 is 10.1 Å². The number of aromatic nitrogens is 4. The number of benzene rings is 1. The molecule has 2 heterocycles. The molecule has 0 aliphatic carbocycles. The van der Waals surface area contributed by atoms with Crippen LogP contribution >= 0.6 is 0 Å². The summed E-state index contributed by atoms with van der Waals surface area (Å²) >= 11 is 0. The standard InChI is InChI=1S/C16H19N5O/c1-10-14(11(2)21(3)20-10)8-17-16-13-6-5-12(22-4)7-15(13)18-9-19-16/h5-7,9H,8H2,1-4H3,(H,17,18,19). The summed E-state index contributed by atoms with van der Waals surface area (Å²) in [6.45, 7) is 4.77. The summed E-state index contributed by atoms with van der Waals surface area (Å²) in [7, 11) is 3.60. The first-order valence-corrected chi connectivity index (χ1v) is 7.12. The van der Waals surface area contributed by atoms with Crippen LogP contribution in [0, 0.1) is 13.8 Å². The van der Waals surface area contributed by atoms with Crippen LogP contribution in [0.4, 0.5) is 5.82 Å². The van der Waals surface area contributed by atoms with Crippen molar-refractivity contribution >= 4 is 16.7 Å². The highest BCUT2D eigenvalue weighted by Crippen LogP contribution is 2.24. The number of hydrogen-bond donors (Lipinski definition) is 1. The topological polar surface area (TPSA) is 64.9 Å². The Labute approximate surface area is 129 Å². The minimum absolute atomic E-state index is 0.684. The van der Waals surface area contributed by atoms with Gasteiger partial charge in [0.1, 0.15) is 17.9 Å². The van der Waals surface area contributed by atoms with E-state index in [1.807, 2.05) is 36.9 Å². The molecule has 6 nitrogen and oxygen atoms in total. The number of anilines is 1. The van der Waals surface area contributed by atoms with Crippen molar-refractivity contribution in [2.24, 2.45) is 7.05 Å². The first kappa shape index (κ1) is 14.3. The fourth-order valence-corrected chi connectivity index (χ4v) is 2.55. The molecule has 1 N–H and O–H groups in total. The molecule has 6 heteroatoms. The molecule has 0 radical (unpaired) electrons. The van der Waals surface area contributed by atoms with Crippen molar-refractivity contribution in [3.63, 3.8) is 0 Å². The largest absolute Gasteiger partial charge is 0.497 e. The number of nitrogens with one attached hydrogen (secondary N) is 1. The van der Waals surface area contributed by atoms with Crippen molar-refractivity contribution in [3.05, 3.63) is 41.5 Å². The van der Waals surface area contributed by atoms with Crippen LogP contribution in [-0.4, -0.2) is 26.9 Å². The summed E-state index contributed by atoms with van der Waals surface area (Å²) in [4.78, 5) is 8.65. The number of methoxy groups -OCH3 is 1. The zero-order valence-electron chi connectivity index (χ0n) is 13.2. The highest BCUT2D eigenvalue weighted by molar-refractivity contribution is 5.89. The Morgan fingerprint density at radius 2 is 2.05 bits per heavy atom. The smallest absolute Gasteiger partial charge is 0.137 e. The minimum Gasteiger partial charge on any atom is -0.497 e. The fourth-order valence-electron chi connectivity index (χ4n) is 2.55. The molecule has 0 atom stereocenters. The van der Waals surface area contributed by atoms with Gasteiger partial charge in [0.25, 0.3) is 0 Å². The van der Waals surface area contributed by atoms with Crippen molar-refractivity contribution < 1.29 is 4.74 Å². The summed E-state index contributed by atoms with van der Waals surface area (Å²) in [6, 6.07) is 5.79. The van der Waals surface area contributed by atoms with Crippen molar-refractivity contribution in [3.8, 4) is 5.75 Å². The first-order chi connectivity index (χ1) is 10.6. The van der Waals surface area contributed by atoms with Gasteiger partial charge in [0.15, 0.2) is 0 Å². The Balaban J connectivity index is 1.91. The third kappa shape index (κ3) is 2.47. The first-order valence-electron chi connectivity index (χ1n) is 7.12. The van der Waals surface area contributed by atoms with E-state index < -0.39 is 0 Å². The summed E-state index contributed by atoms with van der Waals surface area (Å²) in [6.07, 6.45) is 1.56. The molecule has 0 saturated carbocycles. The quantitative estimate of drug-likeness (QED) is 0.802. The number of aryl methyl sites for hydroxylation is 2. The zero-order chi connectivity index (χ0) is 15.7. The molecular formula is C16H19N5O. The van der Waals surface area contributed by atoms with Crippen molar-refractivity contribution in [1.82, 2.24) is 19.7 Å². The SMILES string of the molecule is COc1ccc2c(NCc3c(C)nn(C)c3C)ncnc2c1. The number of fused-ring (bicyclic) bond motifs is 1. The van der Waals surface area contributed by atoms with Gasteiger partial charge in [-0.3, -0.25) is 4.68 Å². The molecule has 0 spiro atoms. The van der Waals surface area contributed by atoms with E-state index in [4.69, 9.17) is 4.74 Å². The molecule has 0 saturated heterocycles. The molecular weight excluding hydrogens is 278 g/mol. The predicted molar refractivity (Wildman–Crippen MR) is 86.1 cm³/mol. The Hall–Kier alpha value is -2.63. The maximum atomic E-state index is 5.23. The van der Waals surface area contributed by atoms with E-state index in [0.29, 0.717) is 6.54 Å². The average molecular weight is 297 g/mol. The molecule has 3 rings (SSSR count). The van der Waals surface area contributed by atoms with Crippen LogP contribution in [0.1, 0.15) is 17.0 Å². The molecule has 0 aliphatic heterocycles. The van der Waals surface area contributed by atoms with E-state index in [1.54, 1.807) is 13.4 Å². The second-order valence-electron chi connectivity index (χ2n) is 5.23. The average Bonchev–Trinajstić information content (AvgIpc) is 2.77. The third-order valence-corrected chi connectivity index (χ3v) is 3.94. The monoisotopic (exact) mass is 297 g/mol. The minimum atomic E-state index is 0.684. The number of rotatable bonds is 4. The van der Waals surface area contributed by atoms with E-state index in [-0.39, 0.29) is 0 Å². The van der Waals surface area contributed by atoms with Gasteiger partial charge >= 0.3 is 0 Å². The van der Waals surface area contributed by atoms with E-state index in [0.717, 1.165) is 33.9 Å². The maximum Gasteiger partial charge on any atom is 0.137 e. The van der Waals surface area contributed by atoms with Crippen LogP contribution in [0.15, 0.2) is 24.5 Å². The van der Waals surface area contributed by atoms with E-state index in [9.17, 15) is 0 Å². The summed E-state index contributed by atoms with van der Waals surface area (Å²) in [5.74, 6) is 1.60. The highest BCUT2D eigenvalue weighted by Gasteiger charge is 2.10. The molecule has 0 unspecified atom stereocenters. The lowest BCUT2D eigenvalue weighted by atomic mass is 10.2. The Kier molecular flexibility index (Phi) is 3.66. The third-order valence-electron chi connectivity index (χ3n) is 3.94. The van der Waals surface area contributed by atoms with E-state index in [1.165, 1.54) is 5.56 Å². The number of hydrogen-bond acceptors (Lipinski definition) is 5. The van der Waals surface area contributed by atoms with Gasteiger partial charge in [0, 0.05) is 36.3 Å². The Bertz CT molecular complexity index is 825. The lowest BCUT2D eigenvalue weighted by molar-refractivity contribution is 0.415. The van der Waals surface area contributed by atoms with Gasteiger partial charge in [-0.2, -0.15) is 5.10 Å². The van der Waals surface area contributed by atoms with Crippen LogP contribution in [0.5, 0.6) is 5.75 Å². The normalized spacial score (nSPS) is 10.9. The molecule has 0 bridgehead atoms. The fraction of sp³-hybridized carbons (Fsp3) is 0.312. The predicted octanol–water partition coefficient (Wildman–Crippen LogP) is 2.60. The van der Waals surface area contributed by atoms with Crippen LogP contribution in [0.3, 0.4) is 0 Å². The molecule has 0 amide bonds. The number of nitrogens with zero attached hydrogens (tertiary/aromatic N) is 4. The highest BCUT2D eigenvalue weighted by atomic mass is 16.5. The van der Waals surface area contributed by atoms with Crippen molar-refractivity contribution in [2.75, 3.05) is 12.4 Å². The van der Waals surface area contributed by atoms with Gasteiger partial charge < -0.3 is 10.1 Å². The van der Waals surface area contributed by atoms with Gasteiger partial charge in [0.2, 0.25) is 0 Å². The van der Waals surface area contributed by atoms with Gasteiger partial charge in [-0.15, -0.1) is 0 Å². The van der Waals surface area contributed by atoms with Gasteiger partial charge in [-0.05, 0) is 26.0 Å². The Morgan fingerprint density at radius 1 is 1.23 bits per heavy atom. The lowest BCUT2D eigenvalue weighted by Gasteiger charge is -2.09. The van der Waals surface area contributed by atoms with Gasteiger partial charge in [-0.25, -0.2) is 9.97 Å². The van der Waals surface area contributed by atoms with Gasteiger partial charge in [0.05, 0.1) is 18.3 Å². The second kappa shape index (κ2) is 5.63. The molecule has 3 aromatic rings. The van der Waals surface area contributed by atoms with Crippen LogP contribution in [-0.2, 0) is 13.6 Å². The second-order valence-corrected chi connectivity index (χ2v) is 5.23. The van der Waals surface area contributed by atoms with E-state index in [2.05, 4.69) is 27.3 Å². The van der Waals surface area contributed by atoms with Crippen molar-refractivity contribution in [2.45, 2.75) is 20.4 Å². The molecule has 114 valence electrons. The maximum absolute atomic E-state index is 5.23. The lowest BCUT2D eigenvalue weighted by Crippen LogP contribution is -2.04. The summed E-state index contributed by atoms with van der Waals surface area (Å²) < 4.78 is 7.13.